The van der Waals surface area contributed by atoms with Crippen molar-refractivity contribution in [3.8, 4) is 0 Å². The van der Waals surface area contributed by atoms with E-state index in [1.54, 1.807) is 17.9 Å². The minimum absolute atomic E-state index is 0.0548. The summed E-state index contributed by atoms with van der Waals surface area (Å²) in [5, 5.41) is 4.03. The number of hydrogen-bond acceptors (Lipinski definition) is 2. The molecule has 0 spiro atoms. The Bertz CT molecular complexity index is 527. The Balaban J connectivity index is 2.20. The first-order valence-electron chi connectivity index (χ1n) is 5.03. The van der Waals surface area contributed by atoms with Crippen molar-refractivity contribution in [2.45, 2.75) is 6.42 Å². The molecule has 0 bridgehead atoms. The van der Waals surface area contributed by atoms with Gasteiger partial charge in [0, 0.05) is 17.9 Å². The maximum absolute atomic E-state index is 12.1. The highest BCUT2D eigenvalue weighted by atomic mass is 79.9. The van der Waals surface area contributed by atoms with Crippen LogP contribution >= 0.6 is 31.9 Å². The molecule has 1 heterocycles. The molecule has 0 saturated heterocycles. The maximum Gasteiger partial charge on any atom is 0.186 e. The van der Waals surface area contributed by atoms with Gasteiger partial charge in [-0.1, -0.05) is 28.1 Å². The number of aryl methyl sites for hydroxylation is 1. The Morgan fingerprint density at radius 1 is 1.29 bits per heavy atom. The quantitative estimate of drug-likeness (QED) is 0.789. The zero-order valence-electron chi connectivity index (χ0n) is 9.15. The number of carbonyl (C=O) groups excluding carboxylic acids is 1. The molecule has 0 saturated carbocycles. The van der Waals surface area contributed by atoms with Crippen LogP contribution in [-0.2, 0) is 13.5 Å². The number of benzene rings is 1. The van der Waals surface area contributed by atoms with Gasteiger partial charge >= 0.3 is 0 Å². The van der Waals surface area contributed by atoms with E-state index in [1.165, 1.54) is 0 Å². The van der Waals surface area contributed by atoms with Crippen molar-refractivity contribution < 1.29 is 4.79 Å². The second-order valence-electron chi connectivity index (χ2n) is 3.69. The van der Waals surface area contributed by atoms with Gasteiger partial charge in [0.1, 0.15) is 5.69 Å². The van der Waals surface area contributed by atoms with E-state index in [-0.39, 0.29) is 5.78 Å². The molecule has 0 aliphatic rings. The normalized spacial score (nSPS) is 10.5. The summed E-state index contributed by atoms with van der Waals surface area (Å²) in [5.41, 5.74) is 1.60. The number of ketones is 1. The van der Waals surface area contributed by atoms with Crippen LogP contribution in [0.3, 0.4) is 0 Å². The van der Waals surface area contributed by atoms with E-state index < -0.39 is 0 Å². The number of carbonyl (C=O) groups is 1. The van der Waals surface area contributed by atoms with E-state index in [4.69, 9.17) is 0 Å². The van der Waals surface area contributed by atoms with E-state index in [1.807, 2.05) is 24.3 Å². The molecule has 2 rings (SSSR count). The van der Waals surface area contributed by atoms with Gasteiger partial charge in [0.15, 0.2) is 5.78 Å². The van der Waals surface area contributed by atoms with Gasteiger partial charge in [-0.3, -0.25) is 9.48 Å². The molecule has 0 aliphatic carbocycles. The fraction of sp³-hybridized carbons (Fsp3) is 0.167. The van der Waals surface area contributed by atoms with Crippen LogP contribution < -0.4 is 0 Å². The highest BCUT2D eigenvalue weighted by Crippen LogP contribution is 2.18. The fourth-order valence-electron chi connectivity index (χ4n) is 1.60. The van der Waals surface area contributed by atoms with Gasteiger partial charge in [0.05, 0.1) is 10.7 Å². The van der Waals surface area contributed by atoms with Crippen LogP contribution in [0.5, 0.6) is 0 Å². The number of Topliss-reactive ketones (excluding diaryl/α,β-unsaturated/α-hetero) is 1. The second-order valence-corrected chi connectivity index (χ2v) is 5.46. The number of nitrogens with zero attached hydrogens (tertiary/aromatic N) is 2. The number of hydrogen-bond donors (Lipinski definition) is 0. The molecule has 0 radical (unpaired) electrons. The van der Waals surface area contributed by atoms with Gasteiger partial charge in [-0.15, -0.1) is 0 Å². The fourth-order valence-corrected chi connectivity index (χ4v) is 2.43. The lowest BCUT2D eigenvalue weighted by Crippen LogP contribution is -2.10. The molecule has 0 aliphatic heterocycles. The van der Waals surface area contributed by atoms with E-state index >= 15 is 0 Å². The van der Waals surface area contributed by atoms with Crippen LogP contribution in [0.4, 0.5) is 0 Å². The van der Waals surface area contributed by atoms with Gasteiger partial charge in [-0.25, -0.2) is 0 Å². The van der Waals surface area contributed by atoms with Crippen molar-refractivity contribution in [2.75, 3.05) is 0 Å². The Morgan fingerprint density at radius 3 is 2.47 bits per heavy atom. The van der Waals surface area contributed by atoms with E-state index in [0.29, 0.717) is 12.1 Å². The molecule has 1 aromatic heterocycles. The summed E-state index contributed by atoms with van der Waals surface area (Å²) in [7, 11) is 1.76. The molecule has 2 aromatic rings. The van der Waals surface area contributed by atoms with Crippen LogP contribution in [0.1, 0.15) is 16.1 Å². The molecule has 3 nitrogen and oxygen atoms in total. The highest BCUT2D eigenvalue weighted by molar-refractivity contribution is 9.10. The molecule has 0 fully saturated rings. The van der Waals surface area contributed by atoms with Gasteiger partial charge in [0.25, 0.3) is 0 Å². The van der Waals surface area contributed by atoms with Crippen LogP contribution in [0.2, 0.25) is 0 Å². The summed E-state index contributed by atoms with van der Waals surface area (Å²) in [6.07, 6.45) is 2.01. The molecule has 0 amide bonds. The first kappa shape index (κ1) is 12.5. The average Bonchev–Trinajstić information content (AvgIpc) is 2.62. The lowest BCUT2D eigenvalue weighted by atomic mass is 10.1. The first-order valence-corrected chi connectivity index (χ1v) is 6.61. The highest BCUT2D eigenvalue weighted by Gasteiger charge is 2.15. The van der Waals surface area contributed by atoms with Crippen LogP contribution in [0.25, 0.3) is 0 Å². The zero-order chi connectivity index (χ0) is 12.4. The van der Waals surface area contributed by atoms with Gasteiger partial charge in [0.2, 0.25) is 0 Å². The minimum atomic E-state index is 0.0548. The molecule has 1 aromatic carbocycles. The van der Waals surface area contributed by atoms with Crippen molar-refractivity contribution in [1.29, 1.82) is 0 Å². The van der Waals surface area contributed by atoms with Crippen molar-refractivity contribution in [2.24, 2.45) is 7.05 Å². The molecular formula is C12H10Br2N2O. The third kappa shape index (κ3) is 2.84. The molecule has 0 unspecified atom stereocenters. The van der Waals surface area contributed by atoms with E-state index in [2.05, 4.69) is 37.0 Å². The molecule has 88 valence electrons. The predicted octanol–water partition coefficient (Wildman–Crippen LogP) is 3.37. The summed E-state index contributed by atoms with van der Waals surface area (Å²) in [5.74, 6) is 0.0548. The van der Waals surface area contributed by atoms with Crippen LogP contribution in [0.15, 0.2) is 39.4 Å². The van der Waals surface area contributed by atoms with Gasteiger partial charge < -0.3 is 0 Å². The van der Waals surface area contributed by atoms with Crippen molar-refractivity contribution >= 4 is 37.6 Å². The van der Waals surface area contributed by atoms with Gasteiger partial charge in [-0.2, -0.15) is 5.10 Å². The Hall–Kier alpha value is -0.940. The maximum atomic E-state index is 12.1. The summed E-state index contributed by atoms with van der Waals surface area (Å²) in [4.78, 5) is 12.1. The lowest BCUT2D eigenvalue weighted by Gasteiger charge is -2.03. The zero-order valence-corrected chi connectivity index (χ0v) is 12.3. The smallest absolute Gasteiger partial charge is 0.186 e. The first-order chi connectivity index (χ1) is 8.08. The number of aromatic nitrogens is 2. The van der Waals surface area contributed by atoms with Crippen molar-refractivity contribution in [3.05, 3.63) is 50.7 Å². The lowest BCUT2D eigenvalue weighted by molar-refractivity contribution is 0.0983. The third-order valence-electron chi connectivity index (χ3n) is 2.44. The number of halogens is 2. The van der Waals surface area contributed by atoms with Crippen molar-refractivity contribution in [1.82, 2.24) is 9.78 Å². The monoisotopic (exact) mass is 356 g/mol. The summed E-state index contributed by atoms with van der Waals surface area (Å²) in [6.45, 7) is 0. The van der Waals surface area contributed by atoms with E-state index in [0.717, 1.165) is 14.5 Å². The molecule has 0 N–H and O–H groups in total. The minimum Gasteiger partial charge on any atom is -0.292 e. The largest absolute Gasteiger partial charge is 0.292 e. The summed E-state index contributed by atoms with van der Waals surface area (Å²) < 4.78 is 3.34. The Kier molecular flexibility index (Phi) is 3.79. The summed E-state index contributed by atoms with van der Waals surface area (Å²) in [6, 6.07) is 7.74. The molecule has 5 heteroatoms. The standard InChI is InChI=1S/C12H10Br2N2O/c1-16-12(10(14)7-15-16)11(17)6-8-2-4-9(13)5-3-8/h2-5,7H,6H2,1H3. The van der Waals surface area contributed by atoms with Gasteiger partial charge in [-0.05, 0) is 33.6 Å². The SMILES string of the molecule is Cn1ncc(Br)c1C(=O)Cc1ccc(Br)cc1. The predicted molar refractivity (Wildman–Crippen MR) is 73.1 cm³/mol. The van der Waals surface area contributed by atoms with E-state index in [9.17, 15) is 4.79 Å². The molecule has 17 heavy (non-hydrogen) atoms. The average molecular weight is 358 g/mol. The molecular weight excluding hydrogens is 348 g/mol. The number of rotatable bonds is 3. The summed E-state index contributed by atoms with van der Waals surface area (Å²) >= 11 is 6.70. The Labute approximate surface area is 116 Å². The van der Waals surface area contributed by atoms with Crippen LogP contribution in [0, 0.1) is 0 Å². The Morgan fingerprint density at radius 2 is 1.94 bits per heavy atom. The second kappa shape index (κ2) is 5.14. The van der Waals surface area contributed by atoms with Crippen LogP contribution in [-0.4, -0.2) is 15.6 Å². The third-order valence-corrected chi connectivity index (χ3v) is 3.55. The van der Waals surface area contributed by atoms with Crippen molar-refractivity contribution in [3.63, 3.8) is 0 Å². The molecule has 0 atom stereocenters. The topological polar surface area (TPSA) is 34.9 Å².